The van der Waals surface area contributed by atoms with Crippen LogP contribution in [0.3, 0.4) is 0 Å². The van der Waals surface area contributed by atoms with Gasteiger partial charge in [-0.3, -0.25) is 4.99 Å². The second-order valence-electron chi connectivity index (χ2n) is 6.47. The molecule has 1 aliphatic heterocycles. The minimum atomic E-state index is -0.382. The molecule has 0 amide bonds. The van der Waals surface area contributed by atoms with E-state index in [1.165, 1.54) is 12.3 Å². The third kappa shape index (κ3) is 2.64. The number of hydrogen-bond acceptors (Lipinski definition) is 3. The van der Waals surface area contributed by atoms with E-state index in [0.717, 1.165) is 11.3 Å². The maximum atomic E-state index is 14.6. The first-order valence-corrected chi connectivity index (χ1v) is 8.09. The third-order valence-electron chi connectivity index (χ3n) is 4.14. The van der Waals surface area contributed by atoms with Gasteiger partial charge in [0, 0.05) is 16.7 Å². The van der Waals surface area contributed by atoms with E-state index in [0.29, 0.717) is 22.0 Å². The molecule has 2 aromatic rings. The van der Waals surface area contributed by atoms with Gasteiger partial charge in [-0.1, -0.05) is 39.3 Å². The number of benzene rings is 1. The van der Waals surface area contributed by atoms with Crippen LogP contribution in [0.5, 0.6) is 0 Å². The van der Waals surface area contributed by atoms with E-state index in [2.05, 4.69) is 42.7 Å². The van der Waals surface area contributed by atoms with E-state index in [9.17, 15) is 4.39 Å². The van der Waals surface area contributed by atoms with Gasteiger partial charge in [0.15, 0.2) is 0 Å². The summed E-state index contributed by atoms with van der Waals surface area (Å²) >= 11 is 12.0. The molecule has 1 aromatic carbocycles. The van der Waals surface area contributed by atoms with Crippen LogP contribution >= 0.6 is 23.2 Å². The Morgan fingerprint density at radius 2 is 1.87 bits per heavy atom. The van der Waals surface area contributed by atoms with Gasteiger partial charge in [0.25, 0.3) is 0 Å². The van der Waals surface area contributed by atoms with E-state index in [-0.39, 0.29) is 22.4 Å². The topological polar surface area (TPSA) is 38.1 Å². The number of aliphatic imine (C=N–C) groups is 1. The van der Waals surface area contributed by atoms with Crippen molar-refractivity contribution in [2.24, 2.45) is 10.9 Å². The highest BCUT2D eigenvalue weighted by Gasteiger charge is 2.38. The van der Waals surface area contributed by atoms with Crippen molar-refractivity contribution in [2.75, 3.05) is 0 Å². The van der Waals surface area contributed by atoms with Crippen LogP contribution in [0.1, 0.15) is 33.3 Å². The second-order valence-corrected chi connectivity index (χ2v) is 7.21. The van der Waals surface area contributed by atoms with Crippen molar-refractivity contribution in [1.82, 2.24) is 9.97 Å². The third-order valence-corrected chi connectivity index (χ3v) is 4.60. The summed E-state index contributed by atoms with van der Waals surface area (Å²) in [5, 5.41) is 0.401. The van der Waals surface area contributed by atoms with Crippen molar-refractivity contribution in [3.63, 3.8) is 0 Å². The monoisotopic (exact) mass is 351 g/mol. The number of rotatable bonds is 2. The molecule has 0 unspecified atom stereocenters. The lowest BCUT2D eigenvalue weighted by Crippen LogP contribution is -2.29. The van der Waals surface area contributed by atoms with Crippen LogP contribution in [0.2, 0.25) is 10.3 Å². The number of nitrogens with zero attached hydrogens (tertiary/aromatic N) is 3. The van der Waals surface area contributed by atoms with Gasteiger partial charge in [-0.15, -0.1) is 0 Å². The van der Waals surface area contributed by atoms with Gasteiger partial charge in [0.05, 0.1) is 16.9 Å². The molecule has 0 radical (unpaired) electrons. The summed E-state index contributed by atoms with van der Waals surface area (Å²) in [6.07, 6.45) is 1.42. The summed E-state index contributed by atoms with van der Waals surface area (Å²) in [6, 6.07) is 3.29. The molecule has 0 saturated heterocycles. The van der Waals surface area contributed by atoms with Crippen LogP contribution in [-0.4, -0.2) is 15.7 Å². The summed E-state index contributed by atoms with van der Waals surface area (Å²) < 4.78 is 14.6. The Morgan fingerprint density at radius 3 is 2.52 bits per heavy atom. The Labute approximate surface area is 144 Å². The van der Waals surface area contributed by atoms with E-state index in [1.807, 2.05) is 6.07 Å². The summed E-state index contributed by atoms with van der Waals surface area (Å²) in [5.74, 6) is -0.149. The van der Waals surface area contributed by atoms with Crippen molar-refractivity contribution < 1.29 is 4.39 Å². The smallest absolute Gasteiger partial charge is 0.222 e. The molecule has 0 N–H and O–H groups in total. The lowest BCUT2D eigenvalue weighted by Gasteiger charge is -2.25. The molecule has 0 atom stereocenters. The van der Waals surface area contributed by atoms with Crippen molar-refractivity contribution in [3.8, 4) is 11.3 Å². The van der Waals surface area contributed by atoms with E-state index in [1.54, 1.807) is 0 Å². The zero-order valence-corrected chi connectivity index (χ0v) is 14.8. The van der Waals surface area contributed by atoms with Crippen molar-refractivity contribution in [2.45, 2.75) is 33.1 Å². The average molecular weight is 352 g/mol. The zero-order chi connectivity index (χ0) is 16.9. The Balaban J connectivity index is 2.21. The maximum Gasteiger partial charge on any atom is 0.222 e. The fraction of sp³-hybridized carbons (Fsp3) is 0.353. The first kappa shape index (κ1) is 16.3. The first-order chi connectivity index (χ1) is 10.7. The minimum Gasteiger partial charge on any atom is -0.253 e. The lowest BCUT2D eigenvalue weighted by atomic mass is 9.77. The fourth-order valence-electron chi connectivity index (χ4n) is 3.12. The number of hydrogen-bond donors (Lipinski definition) is 0. The normalized spacial score (nSPS) is 15.7. The molecule has 1 aromatic heterocycles. The van der Waals surface area contributed by atoms with Gasteiger partial charge < -0.3 is 0 Å². The van der Waals surface area contributed by atoms with Gasteiger partial charge in [-0.25, -0.2) is 14.4 Å². The number of halogens is 3. The molecule has 0 saturated carbocycles. The van der Waals surface area contributed by atoms with Gasteiger partial charge in [-0.05, 0) is 35.2 Å². The molecule has 23 heavy (non-hydrogen) atoms. The zero-order valence-electron chi connectivity index (χ0n) is 13.3. The molecular weight excluding hydrogens is 336 g/mol. The molecule has 0 bridgehead atoms. The Bertz CT molecular complexity index is 829. The van der Waals surface area contributed by atoms with Crippen molar-refractivity contribution in [3.05, 3.63) is 40.0 Å². The molecule has 0 aliphatic carbocycles. The van der Waals surface area contributed by atoms with Gasteiger partial charge in [0.2, 0.25) is 5.28 Å². The molecule has 2 heterocycles. The Hall–Kier alpha value is -1.52. The van der Waals surface area contributed by atoms with E-state index >= 15 is 0 Å². The van der Waals surface area contributed by atoms with Gasteiger partial charge in [-0.2, -0.15) is 0 Å². The molecular formula is C17H16Cl2FN3. The van der Waals surface area contributed by atoms with Crippen LogP contribution in [0.15, 0.2) is 23.3 Å². The molecule has 6 heteroatoms. The fourth-order valence-corrected chi connectivity index (χ4v) is 3.46. The Morgan fingerprint density at radius 1 is 1.17 bits per heavy atom. The lowest BCUT2D eigenvalue weighted by molar-refractivity contribution is 0.625. The average Bonchev–Trinajstić information content (AvgIpc) is 2.74. The van der Waals surface area contributed by atoms with Crippen molar-refractivity contribution in [1.29, 1.82) is 0 Å². The van der Waals surface area contributed by atoms with Crippen LogP contribution in [0, 0.1) is 11.7 Å². The molecule has 120 valence electrons. The SMILES string of the molecule is CC(C)C1=Nc2c(F)cc(-c3nc(Cl)ncc3Cl)cc2C1(C)C. The largest absolute Gasteiger partial charge is 0.253 e. The predicted molar refractivity (Wildman–Crippen MR) is 92.4 cm³/mol. The highest BCUT2D eigenvalue weighted by Crippen LogP contribution is 2.45. The predicted octanol–water partition coefficient (Wildman–Crippen LogP) is 5.61. The number of fused-ring (bicyclic) bond motifs is 1. The molecule has 0 fully saturated rings. The standard InChI is InChI=1S/C17H16Cl2FN3/c1-8(2)15-17(3,4)10-5-9(6-12(20)14(10)22-15)13-11(18)7-21-16(19)23-13/h5-8H,1-4H3. The molecule has 0 spiro atoms. The first-order valence-electron chi connectivity index (χ1n) is 7.33. The van der Waals surface area contributed by atoms with Crippen LogP contribution in [0.25, 0.3) is 11.3 Å². The molecule has 3 rings (SSSR count). The van der Waals surface area contributed by atoms with Crippen LogP contribution < -0.4 is 0 Å². The molecule has 3 nitrogen and oxygen atoms in total. The van der Waals surface area contributed by atoms with E-state index < -0.39 is 0 Å². The van der Waals surface area contributed by atoms with Gasteiger partial charge >= 0.3 is 0 Å². The van der Waals surface area contributed by atoms with Gasteiger partial charge in [0.1, 0.15) is 11.5 Å². The molecule has 1 aliphatic rings. The minimum absolute atomic E-state index is 0.0729. The van der Waals surface area contributed by atoms with Crippen molar-refractivity contribution >= 4 is 34.6 Å². The van der Waals surface area contributed by atoms with E-state index in [4.69, 9.17) is 23.2 Å². The highest BCUT2D eigenvalue weighted by molar-refractivity contribution is 6.33. The van der Waals surface area contributed by atoms with Crippen LogP contribution in [-0.2, 0) is 5.41 Å². The highest BCUT2D eigenvalue weighted by atomic mass is 35.5. The summed E-state index contributed by atoms with van der Waals surface area (Å²) in [6.45, 7) is 8.23. The second kappa shape index (κ2) is 5.53. The Kier molecular flexibility index (Phi) is 3.93. The quantitative estimate of drug-likeness (QED) is 0.659. The summed E-state index contributed by atoms with van der Waals surface area (Å²) in [4.78, 5) is 12.5. The summed E-state index contributed by atoms with van der Waals surface area (Å²) in [7, 11) is 0. The number of aromatic nitrogens is 2. The van der Waals surface area contributed by atoms with Crippen LogP contribution in [0.4, 0.5) is 10.1 Å². The summed E-state index contributed by atoms with van der Waals surface area (Å²) in [5.41, 5.74) is 2.85. The maximum absolute atomic E-state index is 14.6.